The number of carbonyl (C=O) groups is 1. The van der Waals surface area contributed by atoms with Crippen molar-refractivity contribution >= 4 is 5.97 Å². The molecule has 0 amide bonds. The monoisotopic (exact) mass is 272 g/mol. The first kappa shape index (κ1) is 18.4. The van der Waals surface area contributed by atoms with Gasteiger partial charge in [0.15, 0.2) is 0 Å². The molecule has 0 heterocycles. The van der Waals surface area contributed by atoms with Crippen LogP contribution in [0.3, 0.4) is 0 Å². The van der Waals surface area contributed by atoms with E-state index in [4.69, 9.17) is 0 Å². The fraction of sp³-hybridized carbons (Fsp3) is 0.933. The van der Waals surface area contributed by atoms with Crippen LogP contribution in [0.2, 0.25) is 0 Å². The van der Waals surface area contributed by atoms with Crippen LogP contribution in [-0.4, -0.2) is 47.7 Å². The number of carboxylic acid groups (broad SMARTS) is 1. The van der Waals surface area contributed by atoms with E-state index in [1.165, 1.54) is 0 Å². The fourth-order valence-electron chi connectivity index (χ4n) is 2.29. The first-order valence-electron chi connectivity index (χ1n) is 7.20. The summed E-state index contributed by atoms with van der Waals surface area (Å²) in [5.74, 6) is -0.767. The quantitative estimate of drug-likeness (QED) is 0.713. The number of carboxylic acids is 1. The second kappa shape index (κ2) is 7.25. The van der Waals surface area contributed by atoms with Gasteiger partial charge in [0.1, 0.15) is 5.54 Å². The van der Waals surface area contributed by atoms with E-state index >= 15 is 0 Å². The van der Waals surface area contributed by atoms with E-state index in [0.29, 0.717) is 6.42 Å². The molecule has 4 nitrogen and oxygen atoms in total. The van der Waals surface area contributed by atoms with E-state index in [-0.39, 0.29) is 11.5 Å². The van der Waals surface area contributed by atoms with Gasteiger partial charge in [-0.2, -0.15) is 0 Å². The van der Waals surface area contributed by atoms with Crippen LogP contribution in [0.5, 0.6) is 0 Å². The highest BCUT2D eigenvalue weighted by molar-refractivity contribution is 5.78. The van der Waals surface area contributed by atoms with E-state index in [1.807, 2.05) is 6.92 Å². The molecule has 0 spiro atoms. The van der Waals surface area contributed by atoms with Crippen molar-refractivity contribution in [3.63, 3.8) is 0 Å². The molecule has 0 saturated heterocycles. The molecule has 0 saturated carbocycles. The molecule has 4 heteroatoms. The Morgan fingerprint density at radius 3 is 2.21 bits per heavy atom. The first-order chi connectivity index (χ1) is 8.52. The van der Waals surface area contributed by atoms with Gasteiger partial charge in [0.2, 0.25) is 0 Å². The third kappa shape index (κ3) is 6.92. The van der Waals surface area contributed by atoms with Gasteiger partial charge in [0.25, 0.3) is 0 Å². The smallest absolute Gasteiger partial charge is 0.323 e. The van der Waals surface area contributed by atoms with E-state index in [0.717, 1.165) is 19.5 Å². The van der Waals surface area contributed by atoms with Gasteiger partial charge in [0.05, 0.1) is 0 Å². The molecule has 2 atom stereocenters. The fourth-order valence-corrected chi connectivity index (χ4v) is 2.29. The largest absolute Gasteiger partial charge is 0.480 e. The molecule has 0 aromatic heterocycles. The predicted molar refractivity (Wildman–Crippen MR) is 80.5 cm³/mol. The average Bonchev–Trinajstić information content (AvgIpc) is 2.23. The maximum Gasteiger partial charge on any atom is 0.323 e. The van der Waals surface area contributed by atoms with Crippen molar-refractivity contribution in [1.29, 1.82) is 0 Å². The highest BCUT2D eigenvalue weighted by Gasteiger charge is 2.35. The van der Waals surface area contributed by atoms with Gasteiger partial charge in [-0.25, -0.2) is 0 Å². The van der Waals surface area contributed by atoms with Gasteiger partial charge in [0, 0.05) is 12.6 Å². The van der Waals surface area contributed by atoms with E-state index in [9.17, 15) is 9.90 Å². The minimum Gasteiger partial charge on any atom is -0.480 e. The number of nitrogens with zero attached hydrogens (tertiary/aromatic N) is 1. The summed E-state index contributed by atoms with van der Waals surface area (Å²) in [7, 11) is 2.07. The summed E-state index contributed by atoms with van der Waals surface area (Å²) in [6.07, 6.45) is 1.55. The molecule has 19 heavy (non-hydrogen) atoms. The number of aliphatic carboxylic acids is 1. The minimum absolute atomic E-state index is 0.222. The molecule has 0 radical (unpaired) electrons. The zero-order valence-electron chi connectivity index (χ0n) is 13.7. The average molecular weight is 272 g/mol. The highest BCUT2D eigenvalue weighted by atomic mass is 16.4. The maximum atomic E-state index is 11.5. The third-order valence-electron chi connectivity index (χ3n) is 3.42. The Balaban J connectivity index is 4.63. The zero-order valence-corrected chi connectivity index (χ0v) is 13.7. The topological polar surface area (TPSA) is 52.6 Å². The van der Waals surface area contributed by atoms with Crippen molar-refractivity contribution in [2.24, 2.45) is 5.41 Å². The lowest BCUT2D eigenvalue weighted by molar-refractivity contribution is -0.145. The van der Waals surface area contributed by atoms with Crippen molar-refractivity contribution in [2.45, 2.75) is 66.0 Å². The first-order valence-corrected chi connectivity index (χ1v) is 7.20. The Morgan fingerprint density at radius 1 is 1.32 bits per heavy atom. The van der Waals surface area contributed by atoms with Gasteiger partial charge in [-0.15, -0.1) is 0 Å². The van der Waals surface area contributed by atoms with Crippen molar-refractivity contribution < 1.29 is 9.90 Å². The summed E-state index contributed by atoms with van der Waals surface area (Å²) in [6.45, 7) is 14.2. The standard InChI is InChI=1S/C15H32N2O2/c1-8-9-16-15(6,13(18)19)10-12(2)17(7)11-14(3,4)5/h12,16H,8-11H2,1-7H3,(H,18,19). The predicted octanol–water partition coefficient (Wildman–Crippen LogP) is 2.59. The van der Waals surface area contributed by atoms with Gasteiger partial charge in [-0.3, -0.25) is 4.79 Å². The normalized spacial score (nSPS) is 17.3. The molecule has 0 aliphatic carbocycles. The number of hydrogen-bond donors (Lipinski definition) is 2. The number of rotatable bonds is 8. The Labute approximate surface area is 118 Å². The summed E-state index contributed by atoms with van der Waals surface area (Å²) in [4.78, 5) is 13.7. The van der Waals surface area contributed by atoms with Crippen molar-refractivity contribution in [3.05, 3.63) is 0 Å². The van der Waals surface area contributed by atoms with Crippen LogP contribution >= 0.6 is 0 Å². The van der Waals surface area contributed by atoms with Crippen LogP contribution in [-0.2, 0) is 4.79 Å². The summed E-state index contributed by atoms with van der Waals surface area (Å²) >= 11 is 0. The Kier molecular flexibility index (Phi) is 7.01. The Bertz CT molecular complexity index is 286. The van der Waals surface area contributed by atoms with Crippen molar-refractivity contribution in [2.75, 3.05) is 20.1 Å². The second-order valence-corrected chi connectivity index (χ2v) is 7.09. The molecule has 114 valence electrons. The lowest BCUT2D eigenvalue weighted by Crippen LogP contribution is -2.53. The molecule has 0 bridgehead atoms. The molecular weight excluding hydrogens is 240 g/mol. The lowest BCUT2D eigenvalue weighted by atomic mass is 9.90. The van der Waals surface area contributed by atoms with Gasteiger partial charge in [-0.05, 0) is 45.7 Å². The molecule has 0 aromatic rings. The van der Waals surface area contributed by atoms with Crippen LogP contribution in [0, 0.1) is 5.41 Å². The molecule has 0 aromatic carbocycles. The molecule has 2 N–H and O–H groups in total. The van der Waals surface area contributed by atoms with E-state index in [1.54, 1.807) is 6.92 Å². The summed E-state index contributed by atoms with van der Waals surface area (Å²) in [6, 6.07) is 0.227. The molecule has 0 fully saturated rings. The summed E-state index contributed by atoms with van der Waals surface area (Å²) in [5.41, 5.74) is -0.624. The number of nitrogens with one attached hydrogen (secondary N) is 1. The second-order valence-electron chi connectivity index (χ2n) is 7.09. The maximum absolute atomic E-state index is 11.5. The lowest BCUT2D eigenvalue weighted by Gasteiger charge is -2.36. The van der Waals surface area contributed by atoms with Crippen LogP contribution in [0.15, 0.2) is 0 Å². The highest BCUT2D eigenvalue weighted by Crippen LogP contribution is 2.20. The van der Waals surface area contributed by atoms with Crippen molar-refractivity contribution in [3.8, 4) is 0 Å². The summed E-state index contributed by atoms with van der Waals surface area (Å²) < 4.78 is 0. The van der Waals surface area contributed by atoms with Crippen LogP contribution < -0.4 is 5.32 Å². The summed E-state index contributed by atoms with van der Waals surface area (Å²) in [5, 5.41) is 12.6. The minimum atomic E-state index is -0.846. The zero-order chi connectivity index (χ0) is 15.3. The molecule has 0 aliphatic heterocycles. The Morgan fingerprint density at radius 2 is 1.84 bits per heavy atom. The number of hydrogen-bond acceptors (Lipinski definition) is 3. The van der Waals surface area contributed by atoms with E-state index < -0.39 is 11.5 Å². The van der Waals surface area contributed by atoms with Gasteiger partial charge < -0.3 is 15.3 Å². The van der Waals surface area contributed by atoms with Crippen LogP contribution in [0.25, 0.3) is 0 Å². The Hall–Kier alpha value is -0.610. The third-order valence-corrected chi connectivity index (χ3v) is 3.42. The van der Waals surface area contributed by atoms with Gasteiger partial charge in [-0.1, -0.05) is 27.7 Å². The molecule has 0 aliphatic rings. The van der Waals surface area contributed by atoms with Crippen molar-refractivity contribution in [1.82, 2.24) is 10.2 Å². The molecule has 0 rings (SSSR count). The molecule has 2 unspecified atom stereocenters. The van der Waals surface area contributed by atoms with Gasteiger partial charge >= 0.3 is 5.97 Å². The van der Waals surface area contributed by atoms with Crippen LogP contribution in [0.1, 0.15) is 54.4 Å². The van der Waals surface area contributed by atoms with Crippen LogP contribution in [0.4, 0.5) is 0 Å². The molecular formula is C15H32N2O2. The van der Waals surface area contributed by atoms with E-state index in [2.05, 4.69) is 45.0 Å². The SMILES string of the molecule is CCCNC(C)(CC(C)N(C)CC(C)(C)C)C(=O)O.